The molecule has 1 N–H and O–H groups in total. The molecule has 0 saturated carbocycles. The van der Waals surface area contributed by atoms with E-state index in [0.717, 1.165) is 18.5 Å². The van der Waals surface area contributed by atoms with Gasteiger partial charge in [0.1, 0.15) is 0 Å². The van der Waals surface area contributed by atoms with Gasteiger partial charge in [-0.3, -0.25) is 4.52 Å². The molecule has 1 aliphatic heterocycles. The SMILES string of the molecule is CCCCCCc1c(=O)o[nH][n+]1N1C(C)CCCC1C. The van der Waals surface area contributed by atoms with E-state index in [9.17, 15) is 4.79 Å². The minimum absolute atomic E-state index is 0.216. The Morgan fingerprint density at radius 1 is 1.25 bits per heavy atom. The Kier molecular flexibility index (Phi) is 5.26. The molecular weight excluding hydrogens is 254 g/mol. The maximum Gasteiger partial charge on any atom is 0.433 e. The first-order valence-corrected chi connectivity index (χ1v) is 8.06. The van der Waals surface area contributed by atoms with Crippen LogP contribution in [0.25, 0.3) is 0 Å². The summed E-state index contributed by atoms with van der Waals surface area (Å²) in [7, 11) is 0. The second-order valence-electron chi connectivity index (χ2n) is 6.06. The molecule has 2 rings (SSSR count). The van der Waals surface area contributed by atoms with E-state index in [-0.39, 0.29) is 5.63 Å². The Balaban J connectivity index is 2.12. The molecule has 1 aromatic heterocycles. The summed E-state index contributed by atoms with van der Waals surface area (Å²) in [6.45, 7) is 6.63. The quantitative estimate of drug-likeness (QED) is 0.643. The van der Waals surface area contributed by atoms with E-state index in [2.05, 4.69) is 31.1 Å². The van der Waals surface area contributed by atoms with Crippen molar-refractivity contribution < 1.29 is 9.31 Å². The van der Waals surface area contributed by atoms with Crippen LogP contribution in [0, 0.1) is 0 Å². The molecule has 0 amide bonds. The number of hydrogen-bond donors (Lipinski definition) is 1. The number of nitrogens with one attached hydrogen (secondary N) is 1. The minimum atomic E-state index is -0.216. The predicted octanol–water partition coefficient (Wildman–Crippen LogP) is 2.28. The molecule has 20 heavy (non-hydrogen) atoms. The molecule has 0 aliphatic carbocycles. The Morgan fingerprint density at radius 2 is 1.95 bits per heavy atom. The average Bonchev–Trinajstić information content (AvgIpc) is 2.76. The van der Waals surface area contributed by atoms with Crippen molar-refractivity contribution in [2.24, 2.45) is 0 Å². The summed E-state index contributed by atoms with van der Waals surface area (Å²) in [6.07, 6.45) is 9.04. The van der Waals surface area contributed by atoms with Gasteiger partial charge in [0.15, 0.2) is 0 Å². The zero-order chi connectivity index (χ0) is 14.5. The summed E-state index contributed by atoms with van der Waals surface area (Å²) >= 11 is 0. The molecule has 2 heterocycles. The van der Waals surface area contributed by atoms with Gasteiger partial charge in [0.25, 0.3) is 0 Å². The number of piperidine rings is 1. The smallest absolute Gasteiger partial charge is 0.281 e. The number of H-pyrrole nitrogens is 1. The fraction of sp³-hybridized carbons (Fsp3) is 0.867. The maximum absolute atomic E-state index is 11.9. The van der Waals surface area contributed by atoms with Crippen molar-refractivity contribution in [1.29, 1.82) is 0 Å². The van der Waals surface area contributed by atoms with Gasteiger partial charge in [-0.1, -0.05) is 26.2 Å². The third-order valence-corrected chi connectivity index (χ3v) is 4.36. The highest BCUT2D eigenvalue weighted by molar-refractivity contribution is 4.93. The van der Waals surface area contributed by atoms with Gasteiger partial charge in [0.05, 0.1) is 12.1 Å². The average molecular weight is 282 g/mol. The molecule has 5 nitrogen and oxygen atoms in total. The fourth-order valence-corrected chi connectivity index (χ4v) is 3.20. The van der Waals surface area contributed by atoms with Crippen LogP contribution in [0.5, 0.6) is 0 Å². The molecule has 1 saturated heterocycles. The molecular formula is C15H28N3O2+. The number of unbranched alkanes of at least 4 members (excludes halogenated alkanes) is 3. The third-order valence-electron chi connectivity index (χ3n) is 4.36. The van der Waals surface area contributed by atoms with Crippen LogP contribution in [-0.2, 0) is 6.42 Å². The lowest BCUT2D eigenvalue weighted by Gasteiger charge is -2.32. The molecule has 114 valence electrons. The van der Waals surface area contributed by atoms with Crippen LogP contribution in [0.2, 0.25) is 0 Å². The second kappa shape index (κ2) is 6.95. The van der Waals surface area contributed by atoms with Crippen molar-refractivity contribution in [3.8, 4) is 0 Å². The number of aromatic nitrogens is 2. The van der Waals surface area contributed by atoms with Gasteiger partial charge < -0.3 is 0 Å². The topological polar surface area (TPSA) is 53.1 Å². The molecule has 0 aromatic carbocycles. The van der Waals surface area contributed by atoms with Crippen molar-refractivity contribution in [2.45, 2.75) is 84.2 Å². The number of hydrogen-bond acceptors (Lipinski definition) is 3. The van der Waals surface area contributed by atoms with E-state index in [4.69, 9.17) is 4.52 Å². The van der Waals surface area contributed by atoms with Crippen molar-refractivity contribution >= 4 is 0 Å². The molecule has 0 radical (unpaired) electrons. The van der Waals surface area contributed by atoms with Crippen LogP contribution in [0.15, 0.2) is 9.32 Å². The lowest BCUT2D eigenvalue weighted by Crippen LogP contribution is -2.69. The van der Waals surface area contributed by atoms with Gasteiger partial charge in [0.2, 0.25) is 0 Å². The number of aromatic amines is 1. The standard InChI is InChI=1S/C15H27N3O2/c1-4-5-6-7-11-14-15(19)20-16-18(14)17-12(2)9-8-10-13(17)3/h12-13H,4-11H2,1-3H3/p+1. The molecule has 0 spiro atoms. The maximum atomic E-state index is 11.9. The first-order chi connectivity index (χ1) is 9.65. The highest BCUT2D eigenvalue weighted by Gasteiger charge is 2.36. The molecule has 2 unspecified atom stereocenters. The molecule has 1 aromatic rings. The zero-order valence-electron chi connectivity index (χ0n) is 13.0. The molecule has 5 heteroatoms. The van der Waals surface area contributed by atoms with E-state index in [0.29, 0.717) is 12.1 Å². The Morgan fingerprint density at radius 3 is 2.60 bits per heavy atom. The molecule has 2 atom stereocenters. The van der Waals surface area contributed by atoms with E-state index in [1.165, 1.54) is 38.5 Å². The van der Waals surface area contributed by atoms with Gasteiger partial charge in [-0.25, -0.2) is 4.79 Å². The van der Waals surface area contributed by atoms with Crippen LogP contribution in [0.3, 0.4) is 0 Å². The monoisotopic (exact) mass is 282 g/mol. The lowest BCUT2D eigenvalue weighted by atomic mass is 10.00. The van der Waals surface area contributed by atoms with E-state index in [1.54, 1.807) is 0 Å². The van der Waals surface area contributed by atoms with Crippen LogP contribution in [0.1, 0.15) is 71.4 Å². The summed E-state index contributed by atoms with van der Waals surface area (Å²) in [4.78, 5) is 13.8. The van der Waals surface area contributed by atoms with Crippen molar-refractivity contribution in [3.05, 3.63) is 16.1 Å². The predicted molar refractivity (Wildman–Crippen MR) is 78.4 cm³/mol. The molecule has 0 bridgehead atoms. The normalized spacial score (nSPS) is 23.2. The minimum Gasteiger partial charge on any atom is -0.281 e. The summed E-state index contributed by atoms with van der Waals surface area (Å²) in [5.74, 6) is 0. The summed E-state index contributed by atoms with van der Waals surface area (Å²) in [6, 6.07) is 0.873. The largest absolute Gasteiger partial charge is 0.433 e. The van der Waals surface area contributed by atoms with E-state index >= 15 is 0 Å². The summed E-state index contributed by atoms with van der Waals surface area (Å²) < 4.78 is 5.04. The first kappa shape index (κ1) is 15.1. The third kappa shape index (κ3) is 3.25. The van der Waals surface area contributed by atoms with Crippen LogP contribution in [-0.4, -0.2) is 17.4 Å². The molecule has 1 aliphatic rings. The fourth-order valence-electron chi connectivity index (χ4n) is 3.20. The van der Waals surface area contributed by atoms with Gasteiger partial charge in [-0.2, -0.15) is 0 Å². The Hall–Kier alpha value is -1.26. The first-order valence-electron chi connectivity index (χ1n) is 8.06. The summed E-state index contributed by atoms with van der Waals surface area (Å²) in [5, 5.41) is 5.07. The van der Waals surface area contributed by atoms with Gasteiger partial charge in [0, 0.05) is 16.5 Å². The van der Waals surface area contributed by atoms with E-state index < -0.39 is 0 Å². The highest BCUT2D eigenvalue weighted by atomic mass is 16.5. The molecule has 1 fully saturated rings. The van der Waals surface area contributed by atoms with Crippen LogP contribution >= 0.6 is 0 Å². The second-order valence-corrected chi connectivity index (χ2v) is 6.06. The van der Waals surface area contributed by atoms with Crippen molar-refractivity contribution in [2.75, 3.05) is 5.01 Å². The lowest BCUT2D eigenvalue weighted by molar-refractivity contribution is -0.771. The van der Waals surface area contributed by atoms with Gasteiger partial charge in [-0.05, 0) is 39.5 Å². The zero-order valence-corrected chi connectivity index (χ0v) is 13.0. The van der Waals surface area contributed by atoms with Crippen LogP contribution in [0.4, 0.5) is 0 Å². The number of nitrogens with zero attached hydrogens (tertiary/aromatic N) is 2. The van der Waals surface area contributed by atoms with Gasteiger partial charge in [-0.15, -0.1) is 5.01 Å². The Labute approximate surface area is 120 Å². The van der Waals surface area contributed by atoms with Crippen molar-refractivity contribution in [3.63, 3.8) is 0 Å². The highest BCUT2D eigenvalue weighted by Crippen LogP contribution is 2.18. The van der Waals surface area contributed by atoms with E-state index in [1.807, 2.05) is 4.79 Å². The van der Waals surface area contributed by atoms with Crippen molar-refractivity contribution in [1.82, 2.24) is 5.27 Å². The number of rotatable bonds is 6. The van der Waals surface area contributed by atoms with Crippen LogP contribution < -0.4 is 15.4 Å². The summed E-state index contributed by atoms with van der Waals surface area (Å²) in [5.41, 5.74) is 0.549. The van der Waals surface area contributed by atoms with Gasteiger partial charge >= 0.3 is 11.3 Å². The Bertz CT molecular complexity index is 456.